The Morgan fingerprint density at radius 2 is 2.12 bits per heavy atom. The third-order valence-electron chi connectivity index (χ3n) is 5.14. The number of fused-ring (bicyclic) bond motifs is 1. The first-order valence-corrected chi connectivity index (χ1v) is 9.44. The van der Waals surface area contributed by atoms with E-state index in [1.165, 1.54) is 5.56 Å². The number of nitrogens with zero attached hydrogens (tertiary/aromatic N) is 1. The average Bonchev–Trinajstić information content (AvgIpc) is 3.28. The van der Waals surface area contributed by atoms with E-state index in [1.807, 2.05) is 18.3 Å². The normalized spacial score (nSPS) is 27.7. The molecule has 0 saturated carbocycles. The summed E-state index contributed by atoms with van der Waals surface area (Å²) in [5, 5.41) is 6.56. The number of carbonyl (C=O) groups excluding carboxylic acids is 2. The third kappa shape index (κ3) is 2.90. The smallest absolute Gasteiger partial charge is 0.238 e. The Bertz CT molecular complexity index is 852. The molecular formula is C18H21N5O2S. The molecule has 2 saturated heterocycles. The van der Waals surface area contributed by atoms with Crippen LogP contribution >= 0.6 is 11.3 Å². The van der Waals surface area contributed by atoms with Gasteiger partial charge in [-0.05, 0) is 12.5 Å². The number of hydrazine groups is 1. The summed E-state index contributed by atoms with van der Waals surface area (Å²) in [6.45, 7) is 2.06. The molecule has 2 aromatic rings. The van der Waals surface area contributed by atoms with Gasteiger partial charge in [-0.1, -0.05) is 24.3 Å². The standard InChI is InChI=1S/C18H21N5O2S/c1-9-5-3-4-6-10(9)18-20-8-12(26-18)11-7-13(24)21-16-14(11)15(22-23-16)17(25)19-2/h3-6,8,11,14-16,22-23H,7H2,1-2H3,(H,19,25)(H,21,24). The summed E-state index contributed by atoms with van der Waals surface area (Å²) in [7, 11) is 1.62. The van der Waals surface area contributed by atoms with Gasteiger partial charge in [0, 0.05) is 41.9 Å². The zero-order valence-corrected chi connectivity index (χ0v) is 15.4. The molecule has 2 fully saturated rings. The lowest BCUT2D eigenvalue weighted by molar-refractivity contribution is -0.128. The van der Waals surface area contributed by atoms with Crippen molar-refractivity contribution in [2.24, 2.45) is 5.92 Å². The molecule has 0 bridgehead atoms. The lowest BCUT2D eigenvalue weighted by Crippen LogP contribution is -2.53. The Labute approximate surface area is 155 Å². The maximum absolute atomic E-state index is 12.3. The minimum absolute atomic E-state index is 0.0195. The van der Waals surface area contributed by atoms with Gasteiger partial charge in [0.25, 0.3) is 0 Å². The Hall–Kier alpha value is -2.29. The second-order valence-electron chi connectivity index (χ2n) is 6.70. The summed E-state index contributed by atoms with van der Waals surface area (Å²) < 4.78 is 0. The van der Waals surface area contributed by atoms with Crippen LogP contribution in [0.1, 0.15) is 22.8 Å². The van der Waals surface area contributed by atoms with Crippen molar-refractivity contribution >= 4 is 23.2 Å². The number of hydrogen-bond donors (Lipinski definition) is 4. The van der Waals surface area contributed by atoms with Crippen molar-refractivity contribution in [1.82, 2.24) is 26.5 Å². The maximum atomic E-state index is 12.3. The first-order chi connectivity index (χ1) is 12.6. The molecule has 0 spiro atoms. The van der Waals surface area contributed by atoms with Crippen molar-refractivity contribution in [3.63, 3.8) is 0 Å². The number of hydrogen-bond acceptors (Lipinski definition) is 6. The Morgan fingerprint density at radius 3 is 2.88 bits per heavy atom. The van der Waals surface area contributed by atoms with Crippen LogP contribution in [0.3, 0.4) is 0 Å². The van der Waals surface area contributed by atoms with E-state index >= 15 is 0 Å². The van der Waals surface area contributed by atoms with Crippen LogP contribution in [0.5, 0.6) is 0 Å². The van der Waals surface area contributed by atoms with Gasteiger partial charge in [-0.15, -0.1) is 11.3 Å². The summed E-state index contributed by atoms with van der Waals surface area (Å²) in [5.74, 6) is -0.240. The Kier molecular flexibility index (Phi) is 4.47. The number of rotatable bonds is 3. The van der Waals surface area contributed by atoms with Gasteiger partial charge < -0.3 is 10.6 Å². The van der Waals surface area contributed by atoms with E-state index in [0.717, 1.165) is 15.4 Å². The van der Waals surface area contributed by atoms with E-state index in [0.29, 0.717) is 6.42 Å². The lowest BCUT2D eigenvalue weighted by atomic mass is 9.79. The molecular weight excluding hydrogens is 350 g/mol. The van der Waals surface area contributed by atoms with Gasteiger partial charge in [0.2, 0.25) is 11.8 Å². The number of likely N-dealkylation sites (N-methyl/N-ethyl adjacent to an activating group) is 1. The topological polar surface area (TPSA) is 95.1 Å². The van der Waals surface area contributed by atoms with Crippen molar-refractivity contribution in [2.75, 3.05) is 7.05 Å². The summed E-state index contributed by atoms with van der Waals surface area (Å²) >= 11 is 1.60. The van der Waals surface area contributed by atoms with Crippen LogP contribution in [0.25, 0.3) is 10.6 Å². The van der Waals surface area contributed by atoms with Gasteiger partial charge in [-0.2, -0.15) is 0 Å². The molecule has 8 heteroatoms. The molecule has 4 N–H and O–H groups in total. The third-order valence-corrected chi connectivity index (χ3v) is 6.31. The Morgan fingerprint density at radius 1 is 1.31 bits per heavy atom. The number of piperidine rings is 1. The summed E-state index contributed by atoms with van der Waals surface area (Å²) in [4.78, 5) is 30.1. The maximum Gasteiger partial charge on any atom is 0.238 e. The number of benzene rings is 1. The van der Waals surface area contributed by atoms with Crippen molar-refractivity contribution < 1.29 is 9.59 Å². The number of amides is 2. The monoisotopic (exact) mass is 371 g/mol. The van der Waals surface area contributed by atoms with E-state index in [9.17, 15) is 9.59 Å². The first kappa shape index (κ1) is 17.1. The molecule has 0 radical (unpaired) electrons. The van der Waals surface area contributed by atoms with Gasteiger partial charge in [-0.25, -0.2) is 15.8 Å². The second kappa shape index (κ2) is 6.79. The van der Waals surface area contributed by atoms with Crippen molar-refractivity contribution in [1.29, 1.82) is 0 Å². The van der Waals surface area contributed by atoms with Crippen LogP contribution in [0.4, 0.5) is 0 Å². The zero-order valence-electron chi connectivity index (χ0n) is 14.6. The van der Waals surface area contributed by atoms with E-state index in [4.69, 9.17) is 0 Å². The summed E-state index contributed by atoms with van der Waals surface area (Å²) in [6.07, 6.45) is 1.94. The molecule has 7 nitrogen and oxygen atoms in total. The van der Waals surface area contributed by atoms with E-state index in [2.05, 4.69) is 45.5 Å². The quantitative estimate of drug-likeness (QED) is 0.643. The van der Waals surface area contributed by atoms with Crippen LogP contribution in [0.15, 0.2) is 30.5 Å². The fraction of sp³-hybridized carbons (Fsp3) is 0.389. The van der Waals surface area contributed by atoms with Gasteiger partial charge >= 0.3 is 0 Å². The van der Waals surface area contributed by atoms with Crippen LogP contribution in [0.2, 0.25) is 0 Å². The lowest BCUT2D eigenvalue weighted by Gasteiger charge is -2.34. The molecule has 1 aromatic heterocycles. The molecule has 0 aliphatic carbocycles. The van der Waals surface area contributed by atoms with Crippen LogP contribution in [-0.2, 0) is 9.59 Å². The highest BCUT2D eigenvalue weighted by atomic mass is 32.1. The van der Waals surface area contributed by atoms with E-state index < -0.39 is 6.04 Å². The first-order valence-electron chi connectivity index (χ1n) is 8.62. The zero-order chi connectivity index (χ0) is 18.3. The fourth-order valence-corrected chi connectivity index (χ4v) is 4.98. The largest absolute Gasteiger partial charge is 0.358 e. The predicted octanol–water partition coefficient (Wildman–Crippen LogP) is 0.887. The molecule has 136 valence electrons. The highest BCUT2D eigenvalue weighted by molar-refractivity contribution is 7.15. The minimum atomic E-state index is -0.403. The molecule has 4 rings (SSSR count). The molecule has 3 heterocycles. The molecule has 4 unspecified atom stereocenters. The number of aryl methyl sites for hydroxylation is 1. The van der Waals surface area contributed by atoms with Gasteiger partial charge in [-0.3, -0.25) is 9.59 Å². The number of nitrogens with one attached hydrogen (secondary N) is 4. The van der Waals surface area contributed by atoms with Crippen molar-refractivity contribution in [2.45, 2.75) is 31.5 Å². The van der Waals surface area contributed by atoms with E-state index in [1.54, 1.807) is 18.4 Å². The molecule has 2 aliphatic heterocycles. The molecule has 26 heavy (non-hydrogen) atoms. The molecule has 4 atom stereocenters. The van der Waals surface area contributed by atoms with Crippen molar-refractivity contribution in [3.05, 3.63) is 40.9 Å². The van der Waals surface area contributed by atoms with Gasteiger partial charge in [0.15, 0.2) is 0 Å². The van der Waals surface area contributed by atoms with Gasteiger partial charge in [0.05, 0.1) is 6.17 Å². The van der Waals surface area contributed by atoms with Crippen molar-refractivity contribution in [3.8, 4) is 10.6 Å². The van der Waals surface area contributed by atoms with Crippen LogP contribution in [-0.4, -0.2) is 36.1 Å². The van der Waals surface area contributed by atoms with E-state index in [-0.39, 0.29) is 29.8 Å². The number of aromatic nitrogens is 1. The Balaban J connectivity index is 1.68. The highest BCUT2D eigenvalue weighted by Crippen LogP contribution is 2.41. The summed E-state index contributed by atoms with van der Waals surface area (Å²) in [5.41, 5.74) is 8.34. The SMILES string of the molecule is CNC(=O)C1NNC2NC(=O)CC(c3cnc(-c4ccccc4C)s3)C21. The summed E-state index contributed by atoms with van der Waals surface area (Å²) in [6, 6.07) is 7.72. The minimum Gasteiger partial charge on any atom is -0.358 e. The molecule has 2 aliphatic rings. The number of thiazole rings is 1. The second-order valence-corrected chi connectivity index (χ2v) is 7.76. The fourth-order valence-electron chi connectivity index (χ4n) is 3.81. The predicted molar refractivity (Wildman–Crippen MR) is 99.2 cm³/mol. The van der Waals surface area contributed by atoms with Crippen LogP contribution < -0.4 is 21.5 Å². The number of carbonyl (C=O) groups is 2. The molecule has 2 amide bonds. The highest BCUT2D eigenvalue weighted by Gasteiger charge is 2.49. The van der Waals surface area contributed by atoms with Crippen LogP contribution in [0, 0.1) is 12.8 Å². The van der Waals surface area contributed by atoms with Gasteiger partial charge in [0.1, 0.15) is 11.0 Å². The average molecular weight is 371 g/mol. The molecule has 1 aromatic carbocycles.